The lowest BCUT2D eigenvalue weighted by Crippen LogP contribution is -2.15. The SMILES string of the molecule is Cc1c(CC#N)c2cc3c(cc2n1C)OCCO3. The van der Waals surface area contributed by atoms with Gasteiger partial charge in [-0.25, -0.2) is 0 Å². The number of nitriles is 1. The van der Waals surface area contributed by atoms with E-state index in [-0.39, 0.29) is 0 Å². The molecule has 1 aromatic carbocycles. The van der Waals surface area contributed by atoms with Gasteiger partial charge in [-0.05, 0) is 18.6 Å². The number of hydrogen-bond acceptors (Lipinski definition) is 3. The summed E-state index contributed by atoms with van der Waals surface area (Å²) in [4.78, 5) is 0. The van der Waals surface area contributed by atoms with Gasteiger partial charge >= 0.3 is 0 Å². The molecule has 0 fully saturated rings. The second-order valence-corrected chi connectivity index (χ2v) is 4.47. The summed E-state index contributed by atoms with van der Waals surface area (Å²) in [6.07, 6.45) is 0.419. The van der Waals surface area contributed by atoms with E-state index in [9.17, 15) is 0 Å². The lowest BCUT2D eigenvalue weighted by Gasteiger charge is -2.18. The summed E-state index contributed by atoms with van der Waals surface area (Å²) in [5.74, 6) is 1.57. The predicted octanol–water partition coefficient (Wildman–Crippen LogP) is 2.32. The largest absolute Gasteiger partial charge is 0.486 e. The predicted molar refractivity (Wildman–Crippen MR) is 68.0 cm³/mol. The molecule has 2 heterocycles. The second-order valence-electron chi connectivity index (χ2n) is 4.47. The van der Waals surface area contributed by atoms with Gasteiger partial charge in [0.15, 0.2) is 11.5 Å². The molecule has 0 aliphatic carbocycles. The first kappa shape index (κ1) is 11.0. The third kappa shape index (κ3) is 1.44. The van der Waals surface area contributed by atoms with Crippen LogP contribution in [0.15, 0.2) is 12.1 Å². The number of ether oxygens (including phenoxy) is 2. The first-order valence-electron chi connectivity index (χ1n) is 5.97. The van der Waals surface area contributed by atoms with Crippen molar-refractivity contribution in [3.05, 3.63) is 23.4 Å². The standard InChI is InChI=1S/C14H14N2O2/c1-9-10(3-4-15)11-7-13-14(18-6-5-17-13)8-12(11)16(9)2/h7-8H,3,5-6H2,1-2H3. The minimum Gasteiger partial charge on any atom is -0.486 e. The monoisotopic (exact) mass is 242 g/mol. The molecule has 0 unspecified atom stereocenters. The van der Waals surface area contributed by atoms with Gasteiger partial charge in [0.2, 0.25) is 0 Å². The zero-order valence-electron chi connectivity index (χ0n) is 10.5. The summed E-state index contributed by atoms with van der Waals surface area (Å²) < 4.78 is 13.3. The first-order valence-corrected chi connectivity index (χ1v) is 5.97. The van der Waals surface area contributed by atoms with Crippen LogP contribution in [0.4, 0.5) is 0 Å². The Balaban J connectivity index is 2.30. The van der Waals surface area contributed by atoms with Gasteiger partial charge in [0, 0.05) is 24.2 Å². The molecule has 92 valence electrons. The molecule has 0 atom stereocenters. The average Bonchev–Trinajstić information content (AvgIpc) is 2.62. The molecule has 1 aliphatic heterocycles. The summed E-state index contributed by atoms with van der Waals surface area (Å²) in [5.41, 5.74) is 3.28. The topological polar surface area (TPSA) is 47.2 Å². The van der Waals surface area contributed by atoms with Crippen LogP contribution in [0.25, 0.3) is 10.9 Å². The van der Waals surface area contributed by atoms with Crippen LogP contribution in [0, 0.1) is 18.3 Å². The molecular formula is C14H14N2O2. The van der Waals surface area contributed by atoms with Crippen LogP contribution in [0.3, 0.4) is 0 Å². The van der Waals surface area contributed by atoms with Crippen LogP contribution in [-0.2, 0) is 13.5 Å². The van der Waals surface area contributed by atoms with Gasteiger partial charge in [-0.1, -0.05) is 0 Å². The first-order chi connectivity index (χ1) is 8.72. The molecule has 4 heteroatoms. The minimum atomic E-state index is 0.419. The van der Waals surface area contributed by atoms with Gasteiger partial charge in [-0.3, -0.25) is 0 Å². The molecule has 1 aliphatic rings. The van der Waals surface area contributed by atoms with Crippen molar-refractivity contribution < 1.29 is 9.47 Å². The highest BCUT2D eigenvalue weighted by Crippen LogP contribution is 2.37. The van der Waals surface area contributed by atoms with E-state index in [0.717, 1.165) is 33.7 Å². The summed E-state index contributed by atoms with van der Waals surface area (Å²) in [5, 5.41) is 10.0. The Kier molecular flexibility index (Phi) is 2.41. The second kappa shape index (κ2) is 3.95. The number of rotatable bonds is 1. The van der Waals surface area contributed by atoms with Crippen molar-refractivity contribution in [3.8, 4) is 17.6 Å². The van der Waals surface area contributed by atoms with Crippen molar-refractivity contribution >= 4 is 10.9 Å². The van der Waals surface area contributed by atoms with Gasteiger partial charge in [-0.15, -0.1) is 0 Å². The molecular weight excluding hydrogens is 228 g/mol. The molecule has 1 aromatic heterocycles. The molecule has 2 aromatic rings. The normalized spacial score (nSPS) is 13.6. The third-order valence-electron chi connectivity index (χ3n) is 3.54. The summed E-state index contributed by atoms with van der Waals surface area (Å²) in [6, 6.07) is 6.21. The van der Waals surface area contributed by atoms with E-state index >= 15 is 0 Å². The highest BCUT2D eigenvalue weighted by atomic mass is 16.6. The Bertz CT molecular complexity index is 665. The highest BCUT2D eigenvalue weighted by Gasteiger charge is 2.18. The zero-order valence-corrected chi connectivity index (χ0v) is 10.5. The maximum absolute atomic E-state index is 8.94. The summed E-state index contributed by atoms with van der Waals surface area (Å²) in [7, 11) is 2.01. The van der Waals surface area contributed by atoms with Gasteiger partial charge in [-0.2, -0.15) is 5.26 Å². The molecule has 18 heavy (non-hydrogen) atoms. The highest BCUT2D eigenvalue weighted by molar-refractivity contribution is 5.89. The van der Waals surface area contributed by atoms with Crippen molar-refractivity contribution in [2.45, 2.75) is 13.3 Å². The van der Waals surface area contributed by atoms with E-state index in [0.29, 0.717) is 19.6 Å². The van der Waals surface area contributed by atoms with Crippen molar-refractivity contribution in [2.75, 3.05) is 13.2 Å². The fourth-order valence-electron chi connectivity index (χ4n) is 2.48. The summed E-state index contributed by atoms with van der Waals surface area (Å²) in [6.45, 7) is 3.21. The Labute approximate surface area is 105 Å². The Hall–Kier alpha value is -2.15. The Morgan fingerprint density at radius 3 is 2.61 bits per heavy atom. The maximum atomic E-state index is 8.94. The van der Waals surface area contributed by atoms with Crippen molar-refractivity contribution in [1.82, 2.24) is 4.57 Å². The molecule has 0 saturated heterocycles. The van der Waals surface area contributed by atoms with Crippen molar-refractivity contribution in [3.63, 3.8) is 0 Å². The van der Waals surface area contributed by atoms with E-state index in [1.54, 1.807) is 0 Å². The minimum absolute atomic E-state index is 0.419. The molecule has 4 nitrogen and oxygen atoms in total. The van der Waals surface area contributed by atoms with Crippen LogP contribution in [0.5, 0.6) is 11.5 Å². The quantitative estimate of drug-likeness (QED) is 0.771. The third-order valence-corrected chi connectivity index (χ3v) is 3.54. The number of aromatic nitrogens is 1. The Morgan fingerprint density at radius 1 is 1.28 bits per heavy atom. The smallest absolute Gasteiger partial charge is 0.163 e. The van der Waals surface area contributed by atoms with Crippen molar-refractivity contribution in [1.29, 1.82) is 5.26 Å². The number of hydrogen-bond donors (Lipinski definition) is 0. The van der Waals surface area contributed by atoms with Crippen LogP contribution < -0.4 is 9.47 Å². The number of fused-ring (bicyclic) bond motifs is 2. The fraction of sp³-hybridized carbons (Fsp3) is 0.357. The van der Waals surface area contributed by atoms with Gasteiger partial charge < -0.3 is 14.0 Å². The van der Waals surface area contributed by atoms with E-state index in [2.05, 4.69) is 10.6 Å². The van der Waals surface area contributed by atoms with E-state index in [1.807, 2.05) is 26.1 Å². The van der Waals surface area contributed by atoms with Crippen LogP contribution in [0.1, 0.15) is 11.3 Å². The van der Waals surface area contributed by atoms with Crippen LogP contribution >= 0.6 is 0 Å². The van der Waals surface area contributed by atoms with Gasteiger partial charge in [0.25, 0.3) is 0 Å². The van der Waals surface area contributed by atoms with Gasteiger partial charge in [0.1, 0.15) is 13.2 Å². The van der Waals surface area contributed by atoms with Crippen LogP contribution in [0.2, 0.25) is 0 Å². The lowest BCUT2D eigenvalue weighted by molar-refractivity contribution is 0.172. The number of aryl methyl sites for hydroxylation is 1. The molecule has 0 bridgehead atoms. The van der Waals surface area contributed by atoms with E-state index in [4.69, 9.17) is 14.7 Å². The maximum Gasteiger partial charge on any atom is 0.163 e. The van der Waals surface area contributed by atoms with Crippen molar-refractivity contribution in [2.24, 2.45) is 7.05 Å². The van der Waals surface area contributed by atoms with Crippen LogP contribution in [-0.4, -0.2) is 17.8 Å². The van der Waals surface area contributed by atoms with E-state index in [1.165, 1.54) is 0 Å². The number of nitrogens with zero attached hydrogens (tertiary/aromatic N) is 2. The molecule has 0 saturated carbocycles. The average molecular weight is 242 g/mol. The Morgan fingerprint density at radius 2 is 1.94 bits per heavy atom. The lowest BCUT2D eigenvalue weighted by atomic mass is 10.1. The molecule has 0 spiro atoms. The van der Waals surface area contributed by atoms with E-state index < -0.39 is 0 Å². The summed E-state index contributed by atoms with van der Waals surface area (Å²) >= 11 is 0. The number of benzene rings is 1. The fourth-order valence-corrected chi connectivity index (χ4v) is 2.48. The molecule has 0 N–H and O–H groups in total. The molecule has 0 amide bonds. The zero-order chi connectivity index (χ0) is 12.7. The molecule has 3 rings (SSSR count). The molecule has 0 radical (unpaired) electrons. The van der Waals surface area contributed by atoms with Gasteiger partial charge in [0.05, 0.1) is 18.0 Å².